The van der Waals surface area contributed by atoms with Crippen LogP contribution < -0.4 is 5.32 Å². The first-order chi connectivity index (χ1) is 9.28. The van der Waals surface area contributed by atoms with E-state index in [2.05, 4.69) is 5.32 Å². The minimum absolute atomic E-state index is 0.0282. The molecule has 0 fully saturated rings. The van der Waals surface area contributed by atoms with E-state index in [9.17, 15) is 8.42 Å². The van der Waals surface area contributed by atoms with Gasteiger partial charge in [0.25, 0.3) is 0 Å². The van der Waals surface area contributed by atoms with Crippen molar-refractivity contribution in [2.45, 2.75) is 52.1 Å². The van der Waals surface area contributed by atoms with Crippen LogP contribution in [0.25, 0.3) is 0 Å². The highest BCUT2D eigenvalue weighted by atomic mass is 32.2. The fourth-order valence-corrected chi connectivity index (χ4v) is 4.95. The van der Waals surface area contributed by atoms with Crippen LogP contribution in [-0.2, 0) is 16.6 Å². The summed E-state index contributed by atoms with van der Waals surface area (Å²) in [5, 5.41) is 4.96. The summed E-state index contributed by atoms with van der Waals surface area (Å²) in [5.74, 6) is 0.312. The predicted molar refractivity (Wildman–Crippen MR) is 85.6 cm³/mol. The van der Waals surface area contributed by atoms with E-state index in [1.807, 2.05) is 34.6 Å². The fraction of sp³-hybridized carbons (Fsp3) is 0.714. The van der Waals surface area contributed by atoms with Gasteiger partial charge in [-0.1, -0.05) is 20.8 Å². The summed E-state index contributed by atoms with van der Waals surface area (Å²) in [5.41, 5.74) is 0. The van der Waals surface area contributed by atoms with Gasteiger partial charge in [-0.25, -0.2) is 8.42 Å². The lowest BCUT2D eigenvalue weighted by atomic mass is 10.2. The van der Waals surface area contributed by atoms with E-state index >= 15 is 0 Å². The molecule has 0 radical (unpaired) electrons. The molecule has 0 saturated carbocycles. The van der Waals surface area contributed by atoms with Crippen molar-refractivity contribution in [2.24, 2.45) is 5.92 Å². The van der Waals surface area contributed by atoms with Crippen LogP contribution >= 0.6 is 11.3 Å². The van der Waals surface area contributed by atoms with Crippen LogP contribution in [0.2, 0.25) is 0 Å². The van der Waals surface area contributed by atoms with Gasteiger partial charge < -0.3 is 5.32 Å². The number of thiophene rings is 1. The Bertz CT molecular complexity index is 507. The minimum atomic E-state index is -3.38. The summed E-state index contributed by atoms with van der Waals surface area (Å²) < 4.78 is 27.0. The lowest BCUT2D eigenvalue weighted by molar-refractivity contribution is 0.319. The molecule has 0 aliphatic heterocycles. The molecule has 0 aliphatic carbocycles. The van der Waals surface area contributed by atoms with Crippen LogP contribution in [0.15, 0.2) is 16.3 Å². The van der Waals surface area contributed by atoms with Gasteiger partial charge in [0.1, 0.15) is 0 Å². The molecule has 20 heavy (non-hydrogen) atoms. The van der Waals surface area contributed by atoms with Crippen molar-refractivity contribution >= 4 is 21.4 Å². The van der Waals surface area contributed by atoms with Crippen LogP contribution in [0.4, 0.5) is 0 Å². The fourth-order valence-electron chi connectivity index (χ4n) is 1.92. The molecule has 0 atom stereocenters. The average Bonchev–Trinajstić information content (AvgIpc) is 2.82. The van der Waals surface area contributed by atoms with Crippen molar-refractivity contribution in [1.29, 1.82) is 0 Å². The molecule has 0 spiro atoms. The Morgan fingerprint density at radius 3 is 2.45 bits per heavy atom. The molecule has 1 N–H and O–H groups in total. The first-order valence-electron chi connectivity index (χ1n) is 7.09. The van der Waals surface area contributed by atoms with E-state index in [0.29, 0.717) is 17.4 Å². The molecule has 6 heteroatoms. The smallest absolute Gasteiger partial charge is 0.244 e. The summed E-state index contributed by atoms with van der Waals surface area (Å²) >= 11 is 1.50. The zero-order valence-electron chi connectivity index (χ0n) is 13.0. The third kappa shape index (κ3) is 4.55. The molecular formula is C14H26N2O2S2. The largest absolute Gasteiger partial charge is 0.312 e. The first kappa shape index (κ1) is 17.6. The molecule has 116 valence electrons. The van der Waals surface area contributed by atoms with E-state index < -0.39 is 10.0 Å². The molecule has 4 nitrogen and oxygen atoms in total. The Balaban J connectivity index is 2.98. The molecule has 0 amide bonds. The topological polar surface area (TPSA) is 49.4 Å². The molecule has 1 aromatic rings. The zero-order valence-corrected chi connectivity index (χ0v) is 14.6. The van der Waals surface area contributed by atoms with Crippen LogP contribution in [-0.4, -0.2) is 31.9 Å². The minimum Gasteiger partial charge on any atom is -0.312 e. The van der Waals surface area contributed by atoms with Crippen molar-refractivity contribution in [3.05, 3.63) is 16.3 Å². The van der Waals surface area contributed by atoms with Gasteiger partial charge in [0.2, 0.25) is 10.0 Å². The second kappa shape index (κ2) is 7.54. The highest BCUT2D eigenvalue weighted by molar-refractivity contribution is 7.89. The van der Waals surface area contributed by atoms with Crippen molar-refractivity contribution < 1.29 is 8.42 Å². The highest BCUT2D eigenvalue weighted by Gasteiger charge is 2.28. The normalized spacial score (nSPS) is 12.8. The molecule has 0 bridgehead atoms. The molecular weight excluding hydrogens is 292 g/mol. The molecule has 0 saturated heterocycles. The van der Waals surface area contributed by atoms with Gasteiger partial charge in [-0.3, -0.25) is 0 Å². The maximum Gasteiger partial charge on any atom is 0.244 e. The summed E-state index contributed by atoms with van der Waals surface area (Å²) in [6, 6.07) is 1.76. The SMILES string of the molecule is CCNCc1cc(S(=O)(=O)N(CC(C)C)C(C)C)cs1. The van der Waals surface area contributed by atoms with E-state index in [4.69, 9.17) is 0 Å². The first-order valence-corrected chi connectivity index (χ1v) is 9.41. The van der Waals surface area contributed by atoms with Crippen LogP contribution in [0.1, 0.15) is 39.5 Å². The van der Waals surface area contributed by atoms with Crippen molar-refractivity contribution in [1.82, 2.24) is 9.62 Å². The van der Waals surface area contributed by atoms with Crippen LogP contribution in [0, 0.1) is 5.92 Å². The summed E-state index contributed by atoms with van der Waals surface area (Å²) in [4.78, 5) is 1.48. The molecule has 1 aromatic heterocycles. The Labute approximate surface area is 127 Å². The maximum absolute atomic E-state index is 12.7. The molecule has 0 aliphatic rings. The third-order valence-corrected chi connectivity index (χ3v) is 6.01. The summed E-state index contributed by atoms with van der Waals surface area (Å²) in [7, 11) is -3.38. The molecule has 1 rings (SSSR count). The lowest BCUT2D eigenvalue weighted by Gasteiger charge is -2.27. The lowest BCUT2D eigenvalue weighted by Crippen LogP contribution is -2.39. The predicted octanol–water partition coefficient (Wildman–Crippen LogP) is 2.91. The highest BCUT2D eigenvalue weighted by Crippen LogP contribution is 2.24. The molecule has 0 unspecified atom stereocenters. The standard InChI is InChI=1S/C14H26N2O2S2/c1-6-15-8-13-7-14(10-19-13)20(17,18)16(12(4)5)9-11(2)3/h7,10-12,15H,6,8-9H2,1-5H3. The Kier molecular flexibility index (Phi) is 6.64. The van der Waals surface area contributed by atoms with E-state index in [1.165, 1.54) is 11.3 Å². The molecule has 0 aromatic carbocycles. The van der Waals surface area contributed by atoms with Gasteiger partial charge in [-0.15, -0.1) is 11.3 Å². The van der Waals surface area contributed by atoms with Gasteiger partial charge in [0.05, 0.1) is 4.90 Å². The van der Waals surface area contributed by atoms with Gasteiger partial charge >= 0.3 is 0 Å². The summed E-state index contributed by atoms with van der Waals surface area (Å²) in [6.45, 7) is 12.1. The number of rotatable bonds is 8. The average molecular weight is 319 g/mol. The van der Waals surface area contributed by atoms with Crippen LogP contribution in [0.5, 0.6) is 0 Å². The van der Waals surface area contributed by atoms with Gasteiger partial charge in [-0.05, 0) is 32.4 Å². The number of hydrogen-bond donors (Lipinski definition) is 1. The monoisotopic (exact) mass is 318 g/mol. The zero-order chi connectivity index (χ0) is 15.3. The number of sulfonamides is 1. The summed E-state index contributed by atoms with van der Waals surface area (Å²) in [6.07, 6.45) is 0. The number of hydrogen-bond acceptors (Lipinski definition) is 4. The molecule has 1 heterocycles. The van der Waals surface area contributed by atoms with Gasteiger partial charge in [-0.2, -0.15) is 4.31 Å². The number of nitrogens with one attached hydrogen (secondary N) is 1. The van der Waals surface area contributed by atoms with Crippen LogP contribution in [0.3, 0.4) is 0 Å². The van der Waals surface area contributed by atoms with Gasteiger partial charge in [0.15, 0.2) is 0 Å². The van der Waals surface area contributed by atoms with Gasteiger partial charge in [0, 0.05) is 29.4 Å². The van der Waals surface area contributed by atoms with E-state index in [0.717, 1.165) is 18.0 Å². The van der Waals surface area contributed by atoms with E-state index in [-0.39, 0.29) is 6.04 Å². The second-order valence-electron chi connectivity index (χ2n) is 5.59. The Morgan fingerprint density at radius 1 is 1.30 bits per heavy atom. The Morgan fingerprint density at radius 2 is 1.95 bits per heavy atom. The van der Waals surface area contributed by atoms with Crippen molar-refractivity contribution in [3.63, 3.8) is 0 Å². The van der Waals surface area contributed by atoms with Crippen molar-refractivity contribution in [2.75, 3.05) is 13.1 Å². The maximum atomic E-state index is 12.7. The van der Waals surface area contributed by atoms with E-state index in [1.54, 1.807) is 15.8 Å². The quantitative estimate of drug-likeness (QED) is 0.802. The third-order valence-electron chi connectivity index (χ3n) is 2.91. The van der Waals surface area contributed by atoms with Crippen molar-refractivity contribution in [3.8, 4) is 0 Å². The Hall–Kier alpha value is -0.430. The number of nitrogens with zero attached hydrogens (tertiary/aromatic N) is 1. The second-order valence-corrected chi connectivity index (χ2v) is 8.48.